The van der Waals surface area contributed by atoms with Crippen LogP contribution < -0.4 is 15.0 Å². The molecule has 0 aliphatic carbocycles. The van der Waals surface area contributed by atoms with Gasteiger partial charge in [-0.1, -0.05) is 37.6 Å². The lowest BCUT2D eigenvalue weighted by Crippen LogP contribution is -2.44. The number of carbonyl (C=O) groups is 1. The number of rotatable bonds is 9. The normalized spacial score (nSPS) is 15.3. The molecule has 0 radical (unpaired) electrons. The first-order valence-electron chi connectivity index (χ1n) is 11.0. The molecule has 2 aromatic carbocycles. The Hall–Kier alpha value is -2.66. The van der Waals surface area contributed by atoms with E-state index >= 15 is 0 Å². The summed E-state index contributed by atoms with van der Waals surface area (Å²) in [7, 11) is 0. The monoisotopic (exact) mass is 484 g/mol. The van der Waals surface area contributed by atoms with Crippen molar-refractivity contribution >= 4 is 40.5 Å². The van der Waals surface area contributed by atoms with Crippen molar-refractivity contribution < 1.29 is 9.53 Å². The second kappa shape index (κ2) is 10.5. The van der Waals surface area contributed by atoms with Crippen molar-refractivity contribution in [3.05, 3.63) is 58.6 Å². The van der Waals surface area contributed by atoms with Gasteiger partial charge in [0.1, 0.15) is 17.4 Å². The SMILES string of the molecule is CC(C)NCc1ccc(OCCCN2C(=S)N(c3ccc(C#N)c(Cl)c3)C(=O)C2(C)C)cc1. The molecule has 1 saturated heterocycles. The van der Waals surface area contributed by atoms with Crippen molar-refractivity contribution in [1.82, 2.24) is 10.2 Å². The summed E-state index contributed by atoms with van der Waals surface area (Å²) < 4.78 is 5.89. The lowest BCUT2D eigenvalue weighted by atomic mass is 10.0. The zero-order chi connectivity index (χ0) is 24.2. The number of nitriles is 1. The third kappa shape index (κ3) is 5.64. The summed E-state index contributed by atoms with van der Waals surface area (Å²) in [5.41, 5.74) is 1.34. The van der Waals surface area contributed by atoms with Crippen LogP contribution in [0.1, 0.15) is 45.2 Å². The number of amides is 1. The number of anilines is 1. The highest BCUT2D eigenvalue weighted by atomic mass is 35.5. The van der Waals surface area contributed by atoms with Crippen LogP contribution in [-0.4, -0.2) is 40.7 Å². The van der Waals surface area contributed by atoms with E-state index in [1.54, 1.807) is 18.2 Å². The highest BCUT2D eigenvalue weighted by Crippen LogP contribution is 2.34. The molecule has 0 spiro atoms. The van der Waals surface area contributed by atoms with Crippen LogP contribution in [0.15, 0.2) is 42.5 Å². The topological polar surface area (TPSA) is 68.6 Å². The number of nitrogens with zero attached hydrogens (tertiary/aromatic N) is 3. The Morgan fingerprint density at radius 3 is 2.52 bits per heavy atom. The van der Waals surface area contributed by atoms with Gasteiger partial charge >= 0.3 is 0 Å². The maximum atomic E-state index is 13.1. The molecule has 2 aromatic rings. The zero-order valence-corrected chi connectivity index (χ0v) is 21.0. The van der Waals surface area contributed by atoms with E-state index in [-0.39, 0.29) is 5.91 Å². The number of nitrogens with one attached hydrogen (secondary N) is 1. The highest BCUT2D eigenvalue weighted by molar-refractivity contribution is 7.80. The molecule has 8 heteroatoms. The van der Waals surface area contributed by atoms with Crippen LogP contribution >= 0.6 is 23.8 Å². The Kier molecular flexibility index (Phi) is 7.96. The van der Waals surface area contributed by atoms with Gasteiger partial charge in [0.05, 0.1) is 22.9 Å². The molecule has 174 valence electrons. The maximum absolute atomic E-state index is 13.1. The van der Waals surface area contributed by atoms with Crippen LogP contribution in [0, 0.1) is 11.3 Å². The maximum Gasteiger partial charge on any atom is 0.258 e. The summed E-state index contributed by atoms with van der Waals surface area (Å²) in [4.78, 5) is 16.6. The third-order valence-electron chi connectivity index (χ3n) is 5.59. The van der Waals surface area contributed by atoms with E-state index in [2.05, 4.69) is 31.3 Å². The second-order valence-corrected chi connectivity index (χ2v) is 9.56. The van der Waals surface area contributed by atoms with Crippen molar-refractivity contribution in [1.29, 1.82) is 5.26 Å². The molecule has 3 rings (SSSR count). The molecule has 6 nitrogen and oxygen atoms in total. The Bertz CT molecular complexity index is 1060. The van der Waals surface area contributed by atoms with Crippen LogP contribution in [0.3, 0.4) is 0 Å². The van der Waals surface area contributed by atoms with Gasteiger partial charge in [-0.25, -0.2) is 0 Å². The Labute approximate surface area is 206 Å². The summed E-state index contributed by atoms with van der Waals surface area (Å²) in [5, 5.41) is 13.2. The molecule has 0 saturated carbocycles. The fourth-order valence-electron chi connectivity index (χ4n) is 3.61. The minimum Gasteiger partial charge on any atom is -0.494 e. The second-order valence-electron chi connectivity index (χ2n) is 8.79. The third-order valence-corrected chi connectivity index (χ3v) is 6.30. The fourth-order valence-corrected chi connectivity index (χ4v) is 4.34. The summed E-state index contributed by atoms with van der Waals surface area (Å²) in [6.07, 6.45) is 0.704. The minimum atomic E-state index is -0.789. The van der Waals surface area contributed by atoms with Gasteiger partial charge in [0, 0.05) is 19.1 Å². The Morgan fingerprint density at radius 1 is 1.21 bits per heavy atom. The lowest BCUT2D eigenvalue weighted by molar-refractivity contribution is -0.123. The van der Waals surface area contributed by atoms with E-state index in [1.807, 2.05) is 36.9 Å². The first-order valence-corrected chi connectivity index (χ1v) is 11.7. The van der Waals surface area contributed by atoms with Crippen LogP contribution in [0.2, 0.25) is 5.02 Å². The average molecular weight is 485 g/mol. The number of hydrogen-bond donors (Lipinski definition) is 1. The molecule has 0 bridgehead atoms. The summed E-state index contributed by atoms with van der Waals surface area (Å²) >= 11 is 11.8. The first-order chi connectivity index (χ1) is 15.6. The van der Waals surface area contributed by atoms with E-state index in [0.29, 0.717) is 47.0 Å². The van der Waals surface area contributed by atoms with Crippen LogP contribution in [-0.2, 0) is 11.3 Å². The van der Waals surface area contributed by atoms with E-state index in [9.17, 15) is 4.79 Å². The van der Waals surface area contributed by atoms with Gasteiger partial charge in [-0.05, 0) is 68.4 Å². The van der Waals surface area contributed by atoms with E-state index < -0.39 is 5.54 Å². The number of benzene rings is 2. The Morgan fingerprint density at radius 2 is 1.91 bits per heavy atom. The van der Waals surface area contributed by atoms with Crippen LogP contribution in [0.25, 0.3) is 0 Å². The predicted molar refractivity (Wildman–Crippen MR) is 136 cm³/mol. The smallest absolute Gasteiger partial charge is 0.258 e. The van der Waals surface area contributed by atoms with Gasteiger partial charge in [0.15, 0.2) is 5.11 Å². The van der Waals surface area contributed by atoms with Crippen molar-refractivity contribution in [2.75, 3.05) is 18.1 Å². The molecule has 0 unspecified atom stereocenters. The quantitative estimate of drug-likeness (QED) is 0.403. The van der Waals surface area contributed by atoms with E-state index in [4.69, 9.17) is 33.8 Å². The molecule has 1 amide bonds. The van der Waals surface area contributed by atoms with E-state index in [1.165, 1.54) is 10.5 Å². The standard InChI is InChI=1S/C25H29ClN4O2S/c1-17(2)28-16-18-6-10-21(11-7-18)32-13-5-12-29-24(33)30(23(31)25(29,3)4)20-9-8-19(15-27)22(26)14-20/h6-11,14,17,28H,5,12-13,16H2,1-4H3. The number of carbonyl (C=O) groups excluding carboxylic acids is 1. The number of hydrogen-bond acceptors (Lipinski definition) is 5. The lowest BCUT2D eigenvalue weighted by Gasteiger charge is -2.29. The van der Waals surface area contributed by atoms with Crippen LogP contribution in [0.5, 0.6) is 5.75 Å². The fraction of sp³-hybridized carbons (Fsp3) is 0.400. The molecule has 1 N–H and O–H groups in total. The molecule has 0 aromatic heterocycles. The first kappa shape index (κ1) is 25.0. The molecule has 33 heavy (non-hydrogen) atoms. The van der Waals surface area contributed by atoms with Gasteiger partial charge in [-0.2, -0.15) is 5.26 Å². The van der Waals surface area contributed by atoms with Crippen molar-refractivity contribution in [2.45, 2.75) is 52.2 Å². The van der Waals surface area contributed by atoms with Crippen molar-refractivity contribution in [3.63, 3.8) is 0 Å². The van der Waals surface area contributed by atoms with Gasteiger partial charge < -0.3 is 15.0 Å². The molecular weight excluding hydrogens is 456 g/mol. The molecule has 1 fully saturated rings. The molecule has 1 aliphatic rings. The molecule has 1 aliphatic heterocycles. The highest BCUT2D eigenvalue weighted by Gasteiger charge is 2.49. The van der Waals surface area contributed by atoms with Gasteiger partial charge in [0.25, 0.3) is 5.91 Å². The van der Waals surface area contributed by atoms with Crippen molar-refractivity contribution in [3.8, 4) is 11.8 Å². The number of ether oxygens (including phenoxy) is 1. The molecule has 0 atom stereocenters. The zero-order valence-electron chi connectivity index (χ0n) is 19.4. The summed E-state index contributed by atoms with van der Waals surface area (Å²) in [6, 6.07) is 15.4. The van der Waals surface area contributed by atoms with E-state index in [0.717, 1.165) is 12.3 Å². The van der Waals surface area contributed by atoms with Gasteiger partial charge in [0.2, 0.25) is 0 Å². The van der Waals surface area contributed by atoms with Crippen LogP contribution in [0.4, 0.5) is 5.69 Å². The van der Waals surface area contributed by atoms with Gasteiger partial charge in [-0.3, -0.25) is 9.69 Å². The molecular formula is C25H29ClN4O2S. The largest absolute Gasteiger partial charge is 0.494 e. The van der Waals surface area contributed by atoms with Gasteiger partial charge in [-0.15, -0.1) is 0 Å². The number of thiocarbonyl (C=S) groups is 1. The summed E-state index contributed by atoms with van der Waals surface area (Å²) in [6.45, 7) is 9.88. The Balaban J connectivity index is 1.58. The van der Waals surface area contributed by atoms with Crippen molar-refractivity contribution in [2.24, 2.45) is 0 Å². The summed E-state index contributed by atoms with van der Waals surface area (Å²) in [5.74, 6) is 0.691. The number of halogens is 1. The molecule has 1 heterocycles. The predicted octanol–water partition coefficient (Wildman–Crippen LogP) is 4.89. The minimum absolute atomic E-state index is 0.125. The average Bonchev–Trinajstić information content (AvgIpc) is 2.94.